The number of hydrogen-bond donors (Lipinski definition) is 1. The van der Waals surface area contributed by atoms with Gasteiger partial charge in [-0.3, -0.25) is 0 Å². The van der Waals surface area contributed by atoms with Crippen LogP contribution in [0, 0.1) is 0 Å². The Labute approximate surface area is 89.9 Å². The molecule has 2 bridgehead atoms. The lowest BCUT2D eigenvalue weighted by molar-refractivity contribution is 0.396. The molecule has 1 aromatic heterocycles. The smallest absolute Gasteiger partial charge is 0.212 e. The molecule has 2 aliphatic heterocycles. The van der Waals surface area contributed by atoms with E-state index >= 15 is 0 Å². The van der Waals surface area contributed by atoms with Crippen LogP contribution >= 0.6 is 0 Å². The highest BCUT2D eigenvalue weighted by Crippen LogP contribution is 2.39. The lowest BCUT2D eigenvalue weighted by Gasteiger charge is -2.20. The molecule has 2 aliphatic rings. The summed E-state index contributed by atoms with van der Waals surface area (Å²) in [4.78, 5) is 4.28. The zero-order valence-corrected chi connectivity index (χ0v) is 8.94. The highest BCUT2D eigenvalue weighted by molar-refractivity contribution is 5.25. The minimum absolute atomic E-state index is 0.669. The topological polar surface area (TPSA) is 34.1 Å². The van der Waals surface area contributed by atoms with Gasteiger partial charge in [0.2, 0.25) is 5.88 Å². The van der Waals surface area contributed by atoms with Gasteiger partial charge in [-0.05, 0) is 24.8 Å². The predicted octanol–water partition coefficient (Wildman–Crippen LogP) is 1.70. The molecule has 2 saturated heterocycles. The number of rotatable bonds is 2. The van der Waals surface area contributed by atoms with Crippen molar-refractivity contribution in [3.8, 4) is 5.88 Å². The minimum atomic E-state index is 0.669. The van der Waals surface area contributed by atoms with Crippen LogP contribution in [0.3, 0.4) is 0 Å². The zero-order chi connectivity index (χ0) is 10.3. The first-order valence-electron chi connectivity index (χ1n) is 5.63. The summed E-state index contributed by atoms with van der Waals surface area (Å²) in [5.74, 6) is 1.37. The van der Waals surface area contributed by atoms with E-state index in [0.717, 1.165) is 6.04 Å². The van der Waals surface area contributed by atoms with E-state index in [9.17, 15) is 0 Å². The van der Waals surface area contributed by atoms with E-state index in [2.05, 4.69) is 16.4 Å². The summed E-state index contributed by atoms with van der Waals surface area (Å²) in [7, 11) is 1.65. The maximum Gasteiger partial charge on any atom is 0.212 e. The van der Waals surface area contributed by atoms with Gasteiger partial charge in [0.15, 0.2) is 0 Å². The molecule has 15 heavy (non-hydrogen) atoms. The van der Waals surface area contributed by atoms with E-state index in [-0.39, 0.29) is 0 Å². The van der Waals surface area contributed by atoms with E-state index in [1.165, 1.54) is 24.8 Å². The predicted molar refractivity (Wildman–Crippen MR) is 58.1 cm³/mol. The van der Waals surface area contributed by atoms with Gasteiger partial charge < -0.3 is 10.1 Å². The molecular formula is C12H16N2O. The molecule has 0 amide bonds. The number of methoxy groups -OCH3 is 1. The molecule has 3 unspecified atom stereocenters. The van der Waals surface area contributed by atoms with Gasteiger partial charge in [-0.1, -0.05) is 6.07 Å². The Morgan fingerprint density at radius 2 is 2.33 bits per heavy atom. The average Bonchev–Trinajstić information content (AvgIpc) is 2.91. The van der Waals surface area contributed by atoms with Crippen LogP contribution in [0.5, 0.6) is 5.88 Å². The first-order chi connectivity index (χ1) is 7.36. The second kappa shape index (κ2) is 3.49. The second-order valence-corrected chi connectivity index (χ2v) is 4.52. The van der Waals surface area contributed by atoms with Gasteiger partial charge in [-0.15, -0.1) is 0 Å². The Kier molecular flexibility index (Phi) is 2.13. The fourth-order valence-corrected chi connectivity index (χ4v) is 2.92. The van der Waals surface area contributed by atoms with E-state index in [4.69, 9.17) is 4.74 Å². The third kappa shape index (κ3) is 1.51. The Balaban J connectivity index is 1.81. The van der Waals surface area contributed by atoms with Crippen LogP contribution in [0.25, 0.3) is 0 Å². The summed E-state index contributed by atoms with van der Waals surface area (Å²) in [6.07, 6.45) is 5.91. The monoisotopic (exact) mass is 204 g/mol. The van der Waals surface area contributed by atoms with E-state index < -0.39 is 0 Å². The van der Waals surface area contributed by atoms with Crippen molar-refractivity contribution in [2.24, 2.45) is 0 Å². The molecule has 2 fully saturated rings. The van der Waals surface area contributed by atoms with Crippen LogP contribution < -0.4 is 10.1 Å². The van der Waals surface area contributed by atoms with Crippen LogP contribution in [-0.2, 0) is 0 Å². The normalized spacial score (nSPS) is 33.3. The molecule has 3 atom stereocenters. The number of fused-ring (bicyclic) bond motifs is 2. The molecule has 1 N–H and O–H groups in total. The van der Waals surface area contributed by atoms with Crippen molar-refractivity contribution >= 4 is 0 Å². The number of pyridine rings is 1. The number of aromatic nitrogens is 1. The highest BCUT2D eigenvalue weighted by atomic mass is 16.5. The van der Waals surface area contributed by atoms with Gasteiger partial charge in [0.25, 0.3) is 0 Å². The molecule has 0 aromatic carbocycles. The number of nitrogens with zero attached hydrogens (tertiary/aromatic N) is 1. The van der Waals surface area contributed by atoms with Crippen LogP contribution in [-0.4, -0.2) is 24.2 Å². The van der Waals surface area contributed by atoms with Gasteiger partial charge in [-0.25, -0.2) is 4.98 Å². The molecule has 80 valence electrons. The van der Waals surface area contributed by atoms with Crippen LogP contribution in [0.15, 0.2) is 18.3 Å². The number of ether oxygens (including phenoxy) is 1. The van der Waals surface area contributed by atoms with E-state index in [0.29, 0.717) is 17.8 Å². The molecule has 1 aromatic rings. The summed E-state index contributed by atoms with van der Waals surface area (Å²) in [5, 5.41) is 3.65. The fourth-order valence-electron chi connectivity index (χ4n) is 2.92. The SMILES string of the molecule is COc1ccc(C2CC3CCC2N3)cn1. The highest BCUT2D eigenvalue weighted by Gasteiger charge is 2.39. The molecule has 0 saturated carbocycles. The summed E-state index contributed by atoms with van der Waals surface area (Å²) >= 11 is 0. The Morgan fingerprint density at radius 3 is 2.87 bits per heavy atom. The van der Waals surface area contributed by atoms with Crippen molar-refractivity contribution in [2.45, 2.75) is 37.3 Å². The quantitative estimate of drug-likeness (QED) is 0.796. The number of hydrogen-bond acceptors (Lipinski definition) is 3. The molecule has 0 aliphatic carbocycles. The average molecular weight is 204 g/mol. The van der Waals surface area contributed by atoms with Gasteiger partial charge in [0.1, 0.15) is 0 Å². The van der Waals surface area contributed by atoms with Crippen LogP contribution in [0.2, 0.25) is 0 Å². The lowest BCUT2D eigenvalue weighted by atomic mass is 9.85. The third-order valence-electron chi connectivity index (χ3n) is 3.70. The van der Waals surface area contributed by atoms with Gasteiger partial charge in [0, 0.05) is 30.3 Å². The number of nitrogens with one attached hydrogen (secondary N) is 1. The Morgan fingerprint density at radius 1 is 1.40 bits per heavy atom. The van der Waals surface area contributed by atoms with Gasteiger partial charge >= 0.3 is 0 Å². The fraction of sp³-hybridized carbons (Fsp3) is 0.583. The van der Waals surface area contributed by atoms with Crippen molar-refractivity contribution in [1.29, 1.82) is 0 Å². The van der Waals surface area contributed by atoms with Crippen LogP contribution in [0.4, 0.5) is 0 Å². The first kappa shape index (κ1) is 9.16. The molecule has 0 radical (unpaired) electrons. The summed E-state index contributed by atoms with van der Waals surface area (Å²) in [6, 6.07) is 5.55. The molecule has 3 heterocycles. The van der Waals surface area contributed by atoms with Crippen molar-refractivity contribution in [2.75, 3.05) is 7.11 Å². The van der Waals surface area contributed by atoms with Gasteiger partial charge in [0.05, 0.1) is 7.11 Å². The summed E-state index contributed by atoms with van der Waals surface area (Å²) < 4.78 is 5.07. The zero-order valence-electron chi connectivity index (χ0n) is 8.94. The van der Waals surface area contributed by atoms with E-state index in [1.807, 2.05) is 12.3 Å². The molecular weight excluding hydrogens is 188 g/mol. The Hall–Kier alpha value is -1.09. The lowest BCUT2D eigenvalue weighted by Crippen LogP contribution is -2.21. The largest absolute Gasteiger partial charge is 0.481 e. The standard InChI is InChI=1S/C12H16N2O/c1-15-12-5-2-8(7-13-12)10-6-9-3-4-11(10)14-9/h2,5,7,9-11,14H,3-4,6H2,1H3. The summed E-state index contributed by atoms with van der Waals surface area (Å²) in [5.41, 5.74) is 1.36. The maximum absolute atomic E-state index is 5.07. The van der Waals surface area contributed by atoms with Gasteiger partial charge in [-0.2, -0.15) is 0 Å². The second-order valence-electron chi connectivity index (χ2n) is 4.52. The Bertz CT molecular complexity index is 349. The van der Waals surface area contributed by atoms with Crippen molar-refractivity contribution < 1.29 is 4.74 Å². The molecule has 3 heteroatoms. The third-order valence-corrected chi connectivity index (χ3v) is 3.70. The van der Waals surface area contributed by atoms with E-state index in [1.54, 1.807) is 7.11 Å². The van der Waals surface area contributed by atoms with Crippen LogP contribution in [0.1, 0.15) is 30.7 Å². The van der Waals surface area contributed by atoms with Crippen molar-refractivity contribution in [1.82, 2.24) is 10.3 Å². The molecule has 3 rings (SSSR count). The minimum Gasteiger partial charge on any atom is -0.481 e. The summed E-state index contributed by atoms with van der Waals surface area (Å²) in [6.45, 7) is 0. The maximum atomic E-state index is 5.07. The molecule has 3 nitrogen and oxygen atoms in total. The van der Waals surface area contributed by atoms with Crippen molar-refractivity contribution in [3.63, 3.8) is 0 Å². The first-order valence-corrected chi connectivity index (χ1v) is 5.63. The molecule has 0 spiro atoms. The van der Waals surface area contributed by atoms with Crippen molar-refractivity contribution in [3.05, 3.63) is 23.9 Å².